The molecule has 23 nitrogen and oxygen atoms in total. The molecule has 5 heterocycles. The van der Waals surface area contributed by atoms with Gasteiger partial charge < -0.3 is 45.0 Å². The number of hydrogen-bond donors (Lipinski definition) is 5. The fraction of sp³-hybridized carbons (Fsp3) is 0.449. The Morgan fingerprint density at radius 1 is 0.694 bits per heavy atom. The minimum atomic E-state index is -0.675. The molecule has 7 N–H and O–H groups in total. The van der Waals surface area contributed by atoms with Gasteiger partial charge in [-0.2, -0.15) is 10.2 Å². The van der Waals surface area contributed by atoms with E-state index >= 15 is 0 Å². The van der Waals surface area contributed by atoms with Gasteiger partial charge in [-0.05, 0) is 91.3 Å². The van der Waals surface area contributed by atoms with Crippen molar-refractivity contribution in [2.45, 2.75) is 86.7 Å². The predicted molar refractivity (Wildman–Crippen MR) is 271 cm³/mol. The van der Waals surface area contributed by atoms with Crippen molar-refractivity contribution >= 4 is 63.7 Å². The van der Waals surface area contributed by atoms with Crippen LogP contribution in [-0.2, 0) is 30.9 Å². The quantitative estimate of drug-likeness (QED) is 0.0497. The van der Waals surface area contributed by atoms with Gasteiger partial charge >= 0.3 is 6.09 Å². The van der Waals surface area contributed by atoms with Crippen LogP contribution in [0.1, 0.15) is 94.1 Å². The van der Waals surface area contributed by atoms with Gasteiger partial charge in [-0.25, -0.2) is 14.8 Å². The Kier molecular flexibility index (Phi) is 16.3. The number of ether oxygens (including phenoxy) is 3. The summed E-state index contributed by atoms with van der Waals surface area (Å²) in [6.45, 7) is 19.8. The Balaban J connectivity index is 1.14. The number of aryl methyl sites for hydroxylation is 4. The maximum atomic E-state index is 13.9. The molecular formula is C49H65N15O8. The molecule has 384 valence electrons. The van der Waals surface area contributed by atoms with Crippen molar-refractivity contribution in [3.8, 4) is 11.5 Å². The van der Waals surface area contributed by atoms with Gasteiger partial charge in [-0.3, -0.25) is 44.1 Å². The van der Waals surface area contributed by atoms with Crippen LogP contribution in [0.3, 0.4) is 0 Å². The summed E-state index contributed by atoms with van der Waals surface area (Å²) < 4.78 is 24.3. The Morgan fingerprint density at radius 3 is 1.62 bits per heavy atom. The number of benzene rings is 2. The normalized spacial score (nSPS) is 13.5. The summed E-state index contributed by atoms with van der Waals surface area (Å²) in [5, 5.41) is 17.6. The molecule has 7 rings (SSSR count). The number of carbonyl (C=O) groups is 5. The third kappa shape index (κ3) is 12.4. The van der Waals surface area contributed by atoms with Gasteiger partial charge in [0.05, 0.1) is 36.1 Å². The van der Waals surface area contributed by atoms with Gasteiger partial charge in [0, 0.05) is 83.1 Å². The van der Waals surface area contributed by atoms with Gasteiger partial charge in [0.1, 0.15) is 39.5 Å². The van der Waals surface area contributed by atoms with Crippen LogP contribution in [0.5, 0.6) is 11.5 Å². The predicted octanol–water partition coefficient (Wildman–Crippen LogP) is 4.31. The molecule has 0 saturated carbocycles. The van der Waals surface area contributed by atoms with Crippen LogP contribution < -0.4 is 36.9 Å². The minimum absolute atomic E-state index is 0.147. The van der Waals surface area contributed by atoms with Crippen LogP contribution in [0.2, 0.25) is 0 Å². The first-order valence-electron chi connectivity index (χ1n) is 24.0. The van der Waals surface area contributed by atoms with E-state index < -0.39 is 35.3 Å². The number of nitrogens with zero attached hydrogens (tertiary/aromatic N) is 10. The maximum absolute atomic E-state index is 13.9. The number of amides is 5. The number of methoxy groups -OCH3 is 1. The smallest absolute Gasteiger partial charge is 0.407 e. The lowest BCUT2D eigenvalue weighted by Gasteiger charge is -2.34. The molecule has 0 bridgehead atoms. The lowest BCUT2D eigenvalue weighted by Crippen LogP contribution is -2.48. The van der Waals surface area contributed by atoms with Gasteiger partial charge in [0.15, 0.2) is 0 Å². The van der Waals surface area contributed by atoms with E-state index in [1.165, 1.54) is 19.2 Å². The number of aromatic nitrogens is 8. The fourth-order valence-corrected chi connectivity index (χ4v) is 8.52. The third-order valence-corrected chi connectivity index (χ3v) is 11.9. The molecule has 1 fully saturated rings. The molecule has 23 heteroatoms. The van der Waals surface area contributed by atoms with E-state index in [1.807, 2.05) is 46.8 Å². The number of anilines is 2. The number of fused-ring (bicyclic) bond motifs is 2. The molecule has 2 aromatic carbocycles. The van der Waals surface area contributed by atoms with Gasteiger partial charge in [-0.15, -0.1) is 0 Å². The molecule has 5 amide bonds. The lowest BCUT2D eigenvalue weighted by atomic mass is 10.1. The van der Waals surface area contributed by atoms with Crippen LogP contribution in [0.4, 0.5) is 16.7 Å². The summed E-state index contributed by atoms with van der Waals surface area (Å²) in [6.07, 6.45) is 3.95. The van der Waals surface area contributed by atoms with Crippen molar-refractivity contribution in [1.29, 1.82) is 0 Å². The average molecular weight is 992 g/mol. The van der Waals surface area contributed by atoms with Crippen LogP contribution in [0.15, 0.2) is 48.6 Å². The Hall–Kier alpha value is -7.79. The molecule has 72 heavy (non-hydrogen) atoms. The van der Waals surface area contributed by atoms with Crippen molar-refractivity contribution in [1.82, 2.24) is 53.8 Å². The zero-order valence-corrected chi connectivity index (χ0v) is 42.2. The maximum Gasteiger partial charge on any atom is 0.407 e. The molecule has 4 aromatic heterocycles. The second kappa shape index (κ2) is 22.5. The molecule has 1 saturated heterocycles. The first-order valence-corrected chi connectivity index (χ1v) is 24.0. The van der Waals surface area contributed by atoms with Crippen molar-refractivity contribution < 1.29 is 38.2 Å². The Morgan fingerprint density at radius 2 is 1.17 bits per heavy atom. The topological polar surface area (TPSA) is 279 Å². The first-order chi connectivity index (χ1) is 34.4. The molecule has 1 aliphatic heterocycles. The molecule has 0 radical (unpaired) electrons. The SMILES string of the molecule is CCn1nc(C)cc1C(=O)Nc1nc2cc(C(N)=O)cc(OC)c2n1C/C=C/Cn1c(NC(=O)c2cc(C)nn2CC)nc2cc(C(N)=O)cc(OCCCN3CCN(CCNC(=O)OC(C)(C)C)CC3)c21. The Bertz CT molecular complexity index is 3000. The van der Waals surface area contributed by atoms with Crippen molar-refractivity contribution in [3.05, 3.63) is 82.5 Å². The minimum Gasteiger partial charge on any atom is -0.494 e. The number of piperazine rings is 1. The molecule has 0 atom stereocenters. The molecular weight excluding hydrogens is 927 g/mol. The number of nitrogens with two attached hydrogens (primary N) is 2. The van der Waals surface area contributed by atoms with Gasteiger partial charge in [-0.1, -0.05) is 12.2 Å². The molecule has 0 spiro atoms. The van der Waals surface area contributed by atoms with Gasteiger partial charge in [0.2, 0.25) is 23.7 Å². The van der Waals surface area contributed by atoms with Crippen molar-refractivity contribution in [2.75, 3.05) is 70.2 Å². The molecule has 1 aliphatic rings. The molecule has 6 aromatic rings. The average Bonchev–Trinajstić information content (AvgIpc) is 4.10. The van der Waals surface area contributed by atoms with Crippen LogP contribution >= 0.6 is 0 Å². The van der Waals surface area contributed by atoms with Crippen molar-refractivity contribution in [2.24, 2.45) is 11.5 Å². The molecule has 0 unspecified atom stereocenters. The summed E-state index contributed by atoms with van der Waals surface area (Å²) in [7, 11) is 1.46. The van der Waals surface area contributed by atoms with E-state index in [9.17, 15) is 24.0 Å². The summed E-state index contributed by atoms with van der Waals surface area (Å²) >= 11 is 0. The largest absolute Gasteiger partial charge is 0.494 e. The number of hydrogen-bond acceptors (Lipinski definition) is 14. The summed E-state index contributed by atoms with van der Waals surface area (Å²) in [4.78, 5) is 79.0. The van der Waals surface area contributed by atoms with Crippen molar-refractivity contribution in [3.63, 3.8) is 0 Å². The monoisotopic (exact) mass is 992 g/mol. The van der Waals surface area contributed by atoms with Crippen LogP contribution in [0.25, 0.3) is 22.1 Å². The van der Waals surface area contributed by atoms with E-state index in [-0.39, 0.29) is 36.1 Å². The highest BCUT2D eigenvalue weighted by atomic mass is 16.6. The number of imidazole rings is 2. The summed E-state index contributed by atoms with van der Waals surface area (Å²) in [5.41, 5.74) is 15.1. The Labute approximate surface area is 416 Å². The highest BCUT2D eigenvalue weighted by molar-refractivity contribution is 6.05. The summed E-state index contributed by atoms with van der Waals surface area (Å²) in [5.74, 6) is -1.22. The number of rotatable bonds is 21. The summed E-state index contributed by atoms with van der Waals surface area (Å²) in [6, 6.07) is 9.58. The highest BCUT2D eigenvalue weighted by Gasteiger charge is 2.25. The van der Waals surface area contributed by atoms with Gasteiger partial charge in [0.25, 0.3) is 11.8 Å². The first kappa shape index (κ1) is 52.0. The zero-order chi connectivity index (χ0) is 51.9. The van der Waals surface area contributed by atoms with E-state index in [4.69, 9.17) is 35.6 Å². The van der Waals surface area contributed by atoms with Crippen LogP contribution in [0, 0.1) is 13.8 Å². The fourth-order valence-electron chi connectivity index (χ4n) is 8.52. The molecule has 0 aliphatic carbocycles. The highest BCUT2D eigenvalue weighted by Crippen LogP contribution is 2.33. The van der Waals surface area contributed by atoms with Crippen LogP contribution in [-0.4, -0.2) is 143 Å². The standard InChI is InChI=1S/C49H65N15O8/c1-9-63-36(24-30(3)57-63)44(67)55-46-53-34-26-32(42(50)65)28-38(70-8)40(34)61(46)16-11-12-17-62-41-35(54-47(62)56-45(68)37-25-31(4)58-64(37)10-2)27-33(43(51)66)29-39(41)71-23-13-15-59-19-21-60(22-20-59)18-14-52-48(69)72-49(5,6)7/h11-12,24-29H,9-10,13-23H2,1-8H3,(H2,50,65)(H2,51,66)(H,52,69)(H,53,55,67)(H,54,56,68)/b12-11+. The number of carbonyl (C=O) groups excluding carboxylic acids is 5. The van der Waals surface area contributed by atoms with E-state index in [0.717, 1.165) is 39.3 Å². The number of nitrogens with one attached hydrogen (secondary N) is 3. The third-order valence-electron chi connectivity index (χ3n) is 11.9. The second-order valence-corrected chi connectivity index (χ2v) is 18.4. The zero-order valence-electron chi connectivity index (χ0n) is 42.2. The second-order valence-electron chi connectivity index (χ2n) is 18.4. The number of primary amides is 2. The number of allylic oxidation sites excluding steroid dienone is 2. The lowest BCUT2D eigenvalue weighted by molar-refractivity contribution is 0.0515. The van der Waals surface area contributed by atoms with E-state index in [1.54, 1.807) is 56.6 Å². The number of alkyl carbamates (subject to hydrolysis) is 1. The van der Waals surface area contributed by atoms with E-state index in [0.29, 0.717) is 89.0 Å². The van der Waals surface area contributed by atoms with E-state index in [2.05, 4.69) is 35.9 Å².